The van der Waals surface area contributed by atoms with Gasteiger partial charge in [-0.3, -0.25) is 4.90 Å². The second-order valence-corrected chi connectivity index (χ2v) is 8.38. The van der Waals surface area contributed by atoms with E-state index < -0.39 is 21.8 Å². The number of aryl methyl sites for hydroxylation is 1. The minimum Gasteiger partial charge on any atom is -0.334 e. The summed E-state index contributed by atoms with van der Waals surface area (Å²) in [6.45, 7) is 5.00. The summed E-state index contributed by atoms with van der Waals surface area (Å²) in [7, 11) is -3.94. The van der Waals surface area contributed by atoms with Gasteiger partial charge in [-0.1, -0.05) is 6.07 Å². The minimum atomic E-state index is -4.57. The van der Waals surface area contributed by atoms with Crippen LogP contribution in [0.4, 0.5) is 13.2 Å². The van der Waals surface area contributed by atoms with E-state index in [-0.39, 0.29) is 18.0 Å². The molecule has 0 N–H and O–H groups in total. The van der Waals surface area contributed by atoms with E-state index in [2.05, 4.69) is 9.88 Å². The predicted molar refractivity (Wildman–Crippen MR) is 93.6 cm³/mol. The van der Waals surface area contributed by atoms with Crippen LogP contribution in [0.5, 0.6) is 0 Å². The second kappa shape index (κ2) is 7.61. The number of halogens is 3. The third kappa shape index (κ3) is 4.50. The van der Waals surface area contributed by atoms with Crippen LogP contribution in [-0.2, 0) is 22.7 Å². The monoisotopic (exact) mass is 402 g/mol. The number of alkyl halides is 3. The zero-order valence-electron chi connectivity index (χ0n) is 14.9. The molecule has 0 radical (unpaired) electrons. The molecule has 1 aromatic heterocycles. The molecule has 0 aliphatic carbocycles. The van der Waals surface area contributed by atoms with Gasteiger partial charge in [0.1, 0.15) is 5.82 Å². The maximum atomic E-state index is 12.9. The predicted octanol–water partition coefficient (Wildman–Crippen LogP) is 2.22. The van der Waals surface area contributed by atoms with Crippen molar-refractivity contribution in [1.29, 1.82) is 0 Å². The van der Waals surface area contributed by atoms with Gasteiger partial charge in [0.25, 0.3) is 0 Å². The molecule has 0 atom stereocenters. The molecule has 1 aliphatic rings. The Bertz CT molecular complexity index is 888. The number of sulfonamides is 1. The molecule has 1 saturated heterocycles. The number of piperazine rings is 1. The SMILES string of the molecule is Cc1nccn1CCN1CCN(S(=O)(=O)c2cccc(C(F)(F)F)c2)CC1. The van der Waals surface area contributed by atoms with Crippen molar-refractivity contribution >= 4 is 10.0 Å². The molecule has 10 heteroatoms. The Morgan fingerprint density at radius 2 is 1.81 bits per heavy atom. The van der Waals surface area contributed by atoms with Gasteiger partial charge in [0.15, 0.2) is 0 Å². The third-order valence-corrected chi connectivity index (χ3v) is 6.61. The van der Waals surface area contributed by atoms with Gasteiger partial charge in [-0.15, -0.1) is 0 Å². The lowest BCUT2D eigenvalue weighted by Gasteiger charge is -2.34. The van der Waals surface area contributed by atoms with Crippen LogP contribution in [0.3, 0.4) is 0 Å². The van der Waals surface area contributed by atoms with E-state index in [0.29, 0.717) is 19.2 Å². The molecule has 0 bridgehead atoms. The Morgan fingerprint density at radius 3 is 2.41 bits per heavy atom. The van der Waals surface area contributed by atoms with Crippen LogP contribution < -0.4 is 0 Å². The molecule has 3 rings (SSSR count). The molecule has 148 valence electrons. The third-order valence-electron chi connectivity index (χ3n) is 4.71. The van der Waals surface area contributed by atoms with Crippen LogP contribution in [0.2, 0.25) is 0 Å². The van der Waals surface area contributed by atoms with E-state index in [1.807, 2.05) is 17.7 Å². The van der Waals surface area contributed by atoms with Crippen LogP contribution in [0, 0.1) is 6.92 Å². The molecule has 2 aromatic rings. The molecule has 1 fully saturated rings. The average Bonchev–Trinajstić information content (AvgIpc) is 3.05. The number of imidazole rings is 1. The molecule has 0 spiro atoms. The molecule has 1 aliphatic heterocycles. The lowest BCUT2D eigenvalue weighted by Crippen LogP contribution is -2.49. The number of hydrogen-bond donors (Lipinski definition) is 0. The summed E-state index contributed by atoms with van der Waals surface area (Å²) in [5, 5.41) is 0. The highest BCUT2D eigenvalue weighted by atomic mass is 32.2. The largest absolute Gasteiger partial charge is 0.416 e. The van der Waals surface area contributed by atoms with E-state index >= 15 is 0 Å². The normalized spacial score (nSPS) is 17.3. The van der Waals surface area contributed by atoms with Crippen molar-refractivity contribution in [2.24, 2.45) is 0 Å². The second-order valence-electron chi connectivity index (χ2n) is 6.44. The molecular weight excluding hydrogens is 381 g/mol. The van der Waals surface area contributed by atoms with E-state index in [0.717, 1.165) is 31.0 Å². The molecule has 27 heavy (non-hydrogen) atoms. The fraction of sp³-hybridized carbons (Fsp3) is 0.471. The van der Waals surface area contributed by atoms with Crippen LogP contribution >= 0.6 is 0 Å². The number of benzene rings is 1. The van der Waals surface area contributed by atoms with Gasteiger partial charge in [0, 0.05) is 51.7 Å². The maximum absolute atomic E-state index is 12.9. The Kier molecular flexibility index (Phi) is 5.59. The Labute approximate surface area is 156 Å². The number of rotatable bonds is 5. The highest BCUT2D eigenvalue weighted by molar-refractivity contribution is 7.89. The van der Waals surface area contributed by atoms with Gasteiger partial charge in [-0.05, 0) is 25.1 Å². The lowest BCUT2D eigenvalue weighted by atomic mass is 10.2. The van der Waals surface area contributed by atoms with E-state index in [1.165, 1.54) is 10.4 Å². The van der Waals surface area contributed by atoms with Crippen molar-refractivity contribution in [1.82, 2.24) is 18.8 Å². The quantitative estimate of drug-likeness (QED) is 0.770. The smallest absolute Gasteiger partial charge is 0.334 e. The van der Waals surface area contributed by atoms with Crippen molar-refractivity contribution in [2.75, 3.05) is 32.7 Å². The number of hydrogen-bond acceptors (Lipinski definition) is 4. The number of aromatic nitrogens is 2. The van der Waals surface area contributed by atoms with Crippen LogP contribution in [0.15, 0.2) is 41.6 Å². The molecular formula is C17H21F3N4O2S. The van der Waals surface area contributed by atoms with E-state index in [4.69, 9.17) is 0 Å². The first kappa shape index (κ1) is 19.8. The first-order chi connectivity index (χ1) is 12.7. The zero-order valence-corrected chi connectivity index (χ0v) is 15.7. The molecule has 0 unspecified atom stereocenters. The summed E-state index contributed by atoms with van der Waals surface area (Å²) in [6.07, 6.45) is -0.950. The summed E-state index contributed by atoms with van der Waals surface area (Å²) in [5.41, 5.74) is -0.960. The van der Waals surface area contributed by atoms with Crippen molar-refractivity contribution in [3.05, 3.63) is 48.0 Å². The Morgan fingerprint density at radius 1 is 1.11 bits per heavy atom. The van der Waals surface area contributed by atoms with Crippen molar-refractivity contribution in [3.8, 4) is 0 Å². The maximum Gasteiger partial charge on any atom is 0.416 e. The van der Waals surface area contributed by atoms with Gasteiger partial charge in [0.05, 0.1) is 10.5 Å². The van der Waals surface area contributed by atoms with Crippen molar-refractivity contribution in [3.63, 3.8) is 0 Å². The molecule has 1 aromatic carbocycles. The van der Waals surface area contributed by atoms with Gasteiger partial charge < -0.3 is 4.57 Å². The first-order valence-electron chi connectivity index (χ1n) is 8.55. The highest BCUT2D eigenvalue weighted by Gasteiger charge is 2.33. The van der Waals surface area contributed by atoms with Crippen molar-refractivity contribution < 1.29 is 21.6 Å². The fourth-order valence-electron chi connectivity index (χ4n) is 3.06. The van der Waals surface area contributed by atoms with E-state index in [9.17, 15) is 21.6 Å². The summed E-state index contributed by atoms with van der Waals surface area (Å²) < 4.78 is 67.2. The van der Waals surface area contributed by atoms with Gasteiger partial charge in [-0.25, -0.2) is 13.4 Å². The Balaban J connectivity index is 1.62. The first-order valence-corrected chi connectivity index (χ1v) is 9.99. The summed E-state index contributed by atoms with van der Waals surface area (Å²) in [5.74, 6) is 0.917. The molecule has 2 heterocycles. The van der Waals surface area contributed by atoms with Crippen LogP contribution in [0.1, 0.15) is 11.4 Å². The van der Waals surface area contributed by atoms with Gasteiger partial charge in [-0.2, -0.15) is 17.5 Å². The Hall–Kier alpha value is -1.91. The van der Waals surface area contributed by atoms with Crippen LogP contribution in [0.25, 0.3) is 0 Å². The standard InChI is InChI=1S/C17H21F3N4O2S/c1-14-21-5-6-23(14)10-7-22-8-11-24(12-9-22)27(25,26)16-4-2-3-15(13-16)17(18,19)20/h2-6,13H,7-12H2,1H3. The minimum absolute atomic E-state index is 0.251. The summed E-state index contributed by atoms with van der Waals surface area (Å²) >= 11 is 0. The van der Waals surface area contributed by atoms with E-state index in [1.54, 1.807) is 6.20 Å². The summed E-state index contributed by atoms with van der Waals surface area (Å²) in [4.78, 5) is 5.98. The van der Waals surface area contributed by atoms with Crippen LogP contribution in [-0.4, -0.2) is 59.9 Å². The van der Waals surface area contributed by atoms with Crippen molar-refractivity contribution in [2.45, 2.75) is 24.5 Å². The lowest BCUT2D eigenvalue weighted by molar-refractivity contribution is -0.137. The highest BCUT2D eigenvalue weighted by Crippen LogP contribution is 2.31. The molecule has 6 nitrogen and oxygen atoms in total. The van der Waals surface area contributed by atoms with Gasteiger partial charge in [0.2, 0.25) is 10.0 Å². The van der Waals surface area contributed by atoms with Gasteiger partial charge >= 0.3 is 6.18 Å². The summed E-state index contributed by atoms with van der Waals surface area (Å²) in [6, 6.07) is 3.90. The molecule has 0 amide bonds. The average molecular weight is 402 g/mol. The fourth-order valence-corrected chi connectivity index (χ4v) is 4.53. The molecule has 0 saturated carbocycles. The zero-order chi connectivity index (χ0) is 19.7. The number of nitrogens with zero attached hydrogens (tertiary/aromatic N) is 4. The topological polar surface area (TPSA) is 58.4 Å².